The van der Waals surface area contributed by atoms with Crippen molar-refractivity contribution in [3.05, 3.63) is 71.8 Å². The summed E-state index contributed by atoms with van der Waals surface area (Å²) in [6, 6.07) is 20.0. The Balaban J connectivity index is 0.000000537. The first kappa shape index (κ1) is 23.9. The number of halogens is 1. The highest BCUT2D eigenvalue weighted by molar-refractivity contribution is 8.53. The van der Waals surface area contributed by atoms with Crippen molar-refractivity contribution in [2.45, 2.75) is 24.3 Å². The quantitative estimate of drug-likeness (QED) is 0.453. The minimum absolute atomic E-state index is 0.202. The van der Waals surface area contributed by atoms with Gasteiger partial charge in [-0.15, -0.1) is 10.2 Å². The summed E-state index contributed by atoms with van der Waals surface area (Å²) in [5, 5.41) is 0. The molecule has 0 aromatic heterocycles. The number of thioether (sulfide) groups is 2. The Bertz CT molecular complexity index is 821. The maximum Gasteiger partial charge on any atom is 0.273 e. The molecule has 0 aliphatic carbocycles. The van der Waals surface area contributed by atoms with E-state index in [4.69, 9.17) is 18.6 Å². The molecule has 1 aliphatic rings. The van der Waals surface area contributed by atoms with Gasteiger partial charge in [0.1, 0.15) is 17.2 Å². The second-order valence-electron chi connectivity index (χ2n) is 6.11. The summed E-state index contributed by atoms with van der Waals surface area (Å²) in [7, 11) is -4.94. The van der Waals surface area contributed by atoms with E-state index in [1.807, 2.05) is 59.9 Å². The molecule has 0 unspecified atom stereocenters. The van der Waals surface area contributed by atoms with Crippen molar-refractivity contribution in [2.24, 2.45) is 0 Å². The molecule has 0 bridgehead atoms. The lowest BCUT2D eigenvalue weighted by Gasteiger charge is -2.38. The Morgan fingerprint density at radius 3 is 1.79 bits per heavy atom. The number of ketones is 1. The van der Waals surface area contributed by atoms with E-state index in [9.17, 15) is 4.79 Å². The normalized spacial score (nSPS) is 18.3. The van der Waals surface area contributed by atoms with E-state index in [0.29, 0.717) is 6.42 Å². The lowest BCUT2D eigenvalue weighted by Crippen LogP contribution is -2.68. The Kier molecular flexibility index (Phi) is 8.72. The first-order chi connectivity index (χ1) is 13.7. The van der Waals surface area contributed by atoms with Crippen molar-refractivity contribution in [2.75, 3.05) is 13.1 Å². The second-order valence-corrected chi connectivity index (χ2v) is 9.95. The van der Waals surface area contributed by atoms with E-state index in [1.165, 1.54) is 9.94 Å². The molecule has 3 rings (SSSR count). The smallest absolute Gasteiger partial charge is 0.273 e. The van der Waals surface area contributed by atoms with Crippen molar-refractivity contribution in [1.29, 1.82) is 0 Å². The van der Waals surface area contributed by atoms with Crippen LogP contribution in [0.25, 0.3) is 0 Å². The molecule has 2 aromatic carbocycles. The largest absolute Gasteiger partial charge is 0.294 e. The minimum atomic E-state index is -4.94. The summed E-state index contributed by atoms with van der Waals surface area (Å²) in [6.45, 7) is 6.36. The predicted octanol–water partition coefficient (Wildman–Crippen LogP) is 0.245. The second kappa shape index (κ2) is 10.6. The minimum Gasteiger partial charge on any atom is -0.294 e. The standard InChI is InChI=1S/C20H22NOS2.ClHO4/c1-3-21(4-2)19-23-20(24-19,17-13-9-6-10-14-17)15-18(22)16-11-7-5-8-12-16;2-1(3,4)5/h5-14H,3-4,15H2,1-2H3;(H,2,3,4,5)/q+1;/p-1. The molecule has 0 N–H and O–H groups in total. The van der Waals surface area contributed by atoms with Crippen molar-refractivity contribution < 1.29 is 38.2 Å². The maximum absolute atomic E-state index is 12.8. The molecule has 2 aromatic rings. The van der Waals surface area contributed by atoms with Crippen molar-refractivity contribution >= 4 is 33.7 Å². The highest BCUT2D eigenvalue weighted by Gasteiger charge is 2.51. The highest BCUT2D eigenvalue weighted by atomic mass is 35.7. The fourth-order valence-electron chi connectivity index (χ4n) is 2.82. The molecular weight excluding hydrogens is 434 g/mol. The first-order valence-corrected chi connectivity index (χ1v) is 11.8. The summed E-state index contributed by atoms with van der Waals surface area (Å²) in [4.78, 5) is 12.8. The molecule has 156 valence electrons. The first-order valence-electron chi connectivity index (χ1n) is 8.94. The van der Waals surface area contributed by atoms with Crippen LogP contribution in [0.3, 0.4) is 0 Å². The van der Waals surface area contributed by atoms with Gasteiger partial charge in [-0.05, 0) is 42.9 Å². The molecule has 0 amide bonds. The molecule has 6 nitrogen and oxygen atoms in total. The number of nitrogens with zero attached hydrogens (tertiary/aromatic N) is 1. The van der Waals surface area contributed by atoms with Gasteiger partial charge in [0.25, 0.3) is 4.38 Å². The van der Waals surface area contributed by atoms with E-state index in [1.54, 1.807) is 0 Å². The Morgan fingerprint density at radius 1 is 0.897 bits per heavy atom. The van der Waals surface area contributed by atoms with Crippen LogP contribution in [-0.2, 0) is 4.08 Å². The van der Waals surface area contributed by atoms with Gasteiger partial charge in [-0.25, -0.2) is 23.2 Å². The average Bonchev–Trinajstić information content (AvgIpc) is 2.66. The van der Waals surface area contributed by atoms with E-state index < -0.39 is 10.2 Å². The summed E-state index contributed by atoms with van der Waals surface area (Å²) in [5.74, 6) is 0.207. The van der Waals surface area contributed by atoms with Crippen LogP contribution >= 0.6 is 23.5 Å². The van der Waals surface area contributed by atoms with Gasteiger partial charge in [0.2, 0.25) is 0 Å². The van der Waals surface area contributed by atoms with Gasteiger partial charge in [-0.3, -0.25) is 4.79 Å². The molecule has 29 heavy (non-hydrogen) atoms. The average molecular weight is 456 g/mol. The molecule has 0 radical (unpaired) electrons. The number of Topliss-reactive ketones (excluding diaryl/α,β-unsaturated/α-hetero) is 1. The Morgan fingerprint density at radius 2 is 1.34 bits per heavy atom. The summed E-state index contributed by atoms with van der Waals surface area (Å²) in [5.41, 5.74) is 2.02. The highest BCUT2D eigenvalue weighted by Crippen LogP contribution is 2.61. The van der Waals surface area contributed by atoms with Gasteiger partial charge >= 0.3 is 0 Å². The van der Waals surface area contributed by atoms with E-state index in [2.05, 4.69) is 42.7 Å². The summed E-state index contributed by atoms with van der Waals surface area (Å²) < 4.78 is 37.5. The van der Waals surface area contributed by atoms with Crippen LogP contribution < -0.4 is 18.6 Å². The van der Waals surface area contributed by atoms with Gasteiger partial charge in [-0.1, -0.05) is 60.7 Å². The van der Waals surface area contributed by atoms with E-state index >= 15 is 0 Å². The lowest BCUT2D eigenvalue weighted by molar-refractivity contribution is -2.00. The number of hydrogen-bond acceptors (Lipinski definition) is 7. The predicted molar refractivity (Wildman–Crippen MR) is 105 cm³/mol. The van der Waals surface area contributed by atoms with Gasteiger partial charge in [0.05, 0.1) is 0 Å². The Labute approximate surface area is 181 Å². The van der Waals surface area contributed by atoms with Crippen LogP contribution in [0, 0.1) is 10.2 Å². The van der Waals surface area contributed by atoms with Gasteiger partial charge < -0.3 is 0 Å². The fourth-order valence-corrected chi connectivity index (χ4v) is 6.17. The van der Waals surface area contributed by atoms with Crippen LogP contribution in [0.15, 0.2) is 60.7 Å². The monoisotopic (exact) mass is 455 g/mol. The van der Waals surface area contributed by atoms with Crippen LogP contribution in [0.4, 0.5) is 0 Å². The van der Waals surface area contributed by atoms with Crippen LogP contribution in [0.1, 0.15) is 36.2 Å². The van der Waals surface area contributed by atoms with Gasteiger partial charge in [0, 0.05) is 12.0 Å². The topological polar surface area (TPSA) is 112 Å². The molecular formula is C20H22ClNO5S2. The molecule has 1 saturated heterocycles. The molecule has 1 heterocycles. The molecule has 0 spiro atoms. The number of benzene rings is 2. The molecule has 0 atom stereocenters. The number of carbonyl (C=O) groups is 1. The maximum atomic E-state index is 12.8. The van der Waals surface area contributed by atoms with Crippen molar-refractivity contribution in [3.8, 4) is 0 Å². The summed E-state index contributed by atoms with van der Waals surface area (Å²) in [6.07, 6.45) is 0.515. The molecule has 1 fully saturated rings. The van der Waals surface area contributed by atoms with Crippen LogP contribution in [0.5, 0.6) is 0 Å². The van der Waals surface area contributed by atoms with Gasteiger partial charge in [-0.2, -0.15) is 0 Å². The third-order valence-corrected chi connectivity index (χ3v) is 7.51. The van der Waals surface area contributed by atoms with Crippen LogP contribution in [0.2, 0.25) is 0 Å². The zero-order valence-electron chi connectivity index (χ0n) is 16.1. The SMILES string of the molecule is CC[N+](CC)=C1SC(CC(=O)c2ccccc2)(c2ccccc2)S1.[O-][Cl+3]([O-])([O-])[O-]. The van der Waals surface area contributed by atoms with Crippen molar-refractivity contribution in [1.82, 2.24) is 0 Å². The Hall–Kier alpha value is -1.39. The third kappa shape index (κ3) is 7.11. The molecule has 9 heteroatoms. The van der Waals surface area contributed by atoms with Gasteiger partial charge in [0.15, 0.2) is 5.78 Å². The lowest BCUT2D eigenvalue weighted by atomic mass is 10.0. The third-order valence-electron chi connectivity index (χ3n) is 4.23. The molecule has 0 saturated carbocycles. The zero-order chi connectivity index (χ0) is 21.5. The fraction of sp³-hybridized carbons (Fsp3) is 0.300. The van der Waals surface area contributed by atoms with E-state index in [0.717, 1.165) is 18.7 Å². The van der Waals surface area contributed by atoms with Crippen LogP contribution in [-0.4, -0.2) is 27.8 Å². The van der Waals surface area contributed by atoms with Crippen molar-refractivity contribution in [3.63, 3.8) is 0 Å². The number of hydrogen-bond donors (Lipinski definition) is 0. The molecule has 1 aliphatic heterocycles. The number of rotatable bonds is 6. The zero-order valence-corrected chi connectivity index (χ0v) is 18.5. The van der Waals surface area contributed by atoms with E-state index in [-0.39, 0.29) is 9.86 Å². The summed E-state index contributed by atoms with van der Waals surface area (Å²) >= 11 is 3.68. The number of carbonyl (C=O) groups excluding carboxylic acids is 1.